The number of nitrogens with zero attached hydrogens (tertiary/aromatic N) is 1. The first-order chi connectivity index (χ1) is 8.61. The molecule has 3 heteroatoms. The van der Waals surface area contributed by atoms with E-state index in [4.69, 9.17) is 9.84 Å². The van der Waals surface area contributed by atoms with Crippen LogP contribution in [0.4, 0.5) is 0 Å². The molecule has 0 aliphatic rings. The molecule has 1 aromatic heterocycles. The molecule has 2 rings (SSSR count). The number of benzene rings is 1. The average molecular weight is 247 g/mol. The molecule has 0 saturated heterocycles. The molecular weight excluding hydrogens is 226 g/mol. The predicted molar refractivity (Wildman–Crippen MR) is 74.1 cm³/mol. The van der Waals surface area contributed by atoms with Gasteiger partial charge in [0.2, 0.25) is 0 Å². The van der Waals surface area contributed by atoms with Crippen molar-refractivity contribution < 1.29 is 9.84 Å². The van der Waals surface area contributed by atoms with Gasteiger partial charge in [0.25, 0.3) is 0 Å². The summed E-state index contributed by atoms with van der Waals surface area (Å²) in [7, 11) is 2.05. The van der Waals surface area contributed by atoms with E-state index in [9.17, 15) is 0 Å². The molecular formula is C15H21NO2. The van der Waals surface area contributed by atoms with E-state index in [1.807, 2.05) is 27.0 Å². The zero-order chi connectivity index (χ0) is 13.1. The fourth-order valence-electron chi connectivity index (χ4n) is 2.27. The maximum atomic E-state index is 8.95. The Morgan fingerprint density at radius 1 is 1.33 bits per heavy atom. The number of hydrogen-bond donors (Lipinski definition) is 1. The molecule has 0 fully saturated rings. The molecule has 0 aliphatic heterocycles. The molecule has 3 nitrogen and oxygen atoms in total. The second-order valence-electron chi connectivity index (χ2n) is 4.94. The molecule has 1 aromatic carbocycles. The number of ether oxygens (including phenoxy) is 1. The lowest BCUT2D eigenvalue weighted by atomic mass is 10.1. The first-order valence-electron chi connectivity index (χ1n) is 6.47. The number of aliphatic hydroxyl groups excluding tert-OH is 1. The molecule has 0 bridgehead atoms. The first kappa shape index (κ1) is 13.0. The van der Waals surface area contributed by atoms with E-state index in [0.29, 0.717) is 0 Å². The van der Waals surface area contributed by atoms with Crippen LogP contribution in [0, 0.1) is 0 Å². The monoisotopic (exact) mass is 247 g/mol. The van der Waals surface area contributed by atoms with Gasteiger partial charge in [-0.3, -0.25) is 0 Å². The predicted octanol–water partition coefficient (Wildman–Crippen LogP) is 2.89. The van der Waals surface area contributed by atoms with Crippen molar-refractivity contribution in [2.24, 2.45) is 7.05 Å². The molecule has 0 atom stereocenters. The van der Waals surface area contributed by atoms with Crippen molar-refractivity contribution in [3.63, 3.8) is 0 Å². The van der Waals surface area contributed by atoms with Crippen molar-refractivity contribution in [3.8, 4) is 5.75 Å². The normalized spacial score (nSPS) is 11.4. The summed E-state index contributed by atoms with van der Waals surface area (Å²) in [6.07, 6.45) is 4.03. The van der Waals surface area contributed by atoms with Crippen molar-refractivity contribution in [2.75, 3.05) is 6.61 Å². The maximum absolute atomic E-state index is 8.95. The zero-order valence-electron chi connectivity index (χ0n) is 11.3. The van der Waals surface area contributed by atoms with Gasteiger partial charge >= 0.3 is 0 Å². The Balaban J connectivity index is 2.38. The van der Waals surface area contributed by atoms with Crippen LogP contribution in [0.5, 0.6) is 5.75 Å². The van der Waals surface area contributed by atoms with E-state index in [2.05, 4.69) is 22.9 Å². The summed E-state index contributed by atoms with van der Waals surface area (Å²) in [5, 5.41) is 10.2. The summed E-state index contributed by atoms with van der Waals surface area (Å²) in [6, 6.07) is 6.20. The fraction of sp³-hybridized carbons (Fsp3) is 0.467. The van der Waals surface area contributed by atoms with E-state index in [1.165, 1.54) is 16.5 Å². The van der Waals surface area contributed by atoms with E-state index < -0.39 is 0 Å². The van der Waals surface area contributed by atoms with Crippen molar-refractivity contribution in [3.05, 3.63) is 30.0 Å². The standard InChI is InChI=1S/C15H21NO2/c1-11(2)18-13-6-7-15-14(9-13)12(5-4-8-17)10-16(15)3/h6-7,9-11,17H,4-5,8H2,1-3H3. The quantitative estimate of drug-likeness (QED) is 0.881. The second kappa shape index (κ2) is 5.44. The van der Waals surface area contributed by atoms with Gasteiger partial charge in [-0.1, -0.05) is 0 Å². The zero-order valence-corrected chi connectivity index (χ0v) is 11.3. The Hall–Kier alpha value is -1.48. The number of aliphatic hydroxyl groups is 1. The molecule has 0 spiro atoms. The fourth-order valence-corrected chi connectivity index (χ4v) is 2.27. The lowest BCUT2D eigenvalue weighted by molar-refractivity contribution is 0.243. The Labute approximate surface area is 108 Å². The molecule has 2 aromatic rings. The lowest BCUT2D eigenvalue weighted by Crippen LogP contribution is -2.05. The minimum absolute atomic E-state index is 0.187. The molecule has 0 aliphatic carbocycles. The molecule has 1 heterocycles. The number of aryl methyl sites for hydroxylation is 2. The van der Waals surface area contributed by atoms with Crippen molar-refractivity contribution in [1.82, 2.24) is 4.57 Å². The van der Waals surface area contributed by atoms with Crippen molar-refractivity contribution in [1.29, 1.82) is 0 Å². The minimum atomic E-state index is 0.187. The number of aromatic nitrogens is 1. The smallest absolute Gasteiger partial charge is 0.120 e. The Kier molecular flexibility index (Phi) is 3.92. The molecule has 0 amide bonds. The third-order valence-corrected chi connectivity index (χ3v) is 3.02. The van der Waals surface area contributed by atoms with E-state index >= 15 is 0 Å². The molecule has 0 unspecified atom stereocenters. The van der Waals surface area contributed by atoms with Gasteiger partial charge in [0.05, 0.1) is 6.10 Å². The van der Waals surface area contributed by atoms with Crippen LogP contribution < -0.4 is 4.74 Å². The molecule has 18 heavy (non-hydrogen) atoms. The van der Waals surface area contributed by atoms with Crippen LogP contribution >= 0.6 is 0 Å². The Morgan fingerprint density at radius 3 is 2.78 bits per heavy atom. The first-order valence-corrected chi connectivity index (χ1v) is 6.47. The van der Waals surface area contributed by atoms with Crippen LogP contribution in [-0.2, 0) is 13.5 Å². The summed E-state index contributed by atoms with van der Waals surface area (Å²) in [5.41, 5.74) is 2.48. The highest BCUT2D eigenvalue weighted by atomic mass is 16.5. The number of fused-ring (bicyclic) bond motifs is 1. The van der Waals surface area contributed by atoms with Gasteiger partial charge in [-0.15, -0.1) is 0 Å². The molecule has 0 saturated carbocycles. The van der Waals surface area contributed by atoms with E-state index in [1.54, 1.807) is 0 Å². The third kappa shape index (κ3) is 2.67. The second-order valence-corrected chi connectivity index (χ2v) is 4.94. The largest absolute Gasteiger partial charge is 0.491 e. The molecule has 0 radical (unpaired) electrons. The van der Waals surface area contributed by atoms with Crippen molar-refractivity contribution >= 4 is 10.9 Å². The van der Waals surface area contributed by atoms with Crippen LogP contribution in [0.15, 0.2) is 24.4 Å². The summed E-state index contributed by atoms with van der Waals surface area (Å²) in [4.78, 5) is 0. The number of hydrogen-bond acceptors (Lipinski definition) is 2. The van der Waals surface area contributed by atoms with Gasteiger partial charge in [0, 0.05) is 30.8 Å². The van der Waals surface area contributed by atoms with Crippen LogP contribution in [0.1, 0.15) is 25.8 Å². The Morgan fingerprint density at radius 2 is 2.11 bits per heavy atom. The van der Waals surface area contributed by atoms with Gasteiger partial charge in [-0.25, -0.2) is 0 Å². The van der Waals surface area contributed by atoms with Crippen LogP contribution in [0.3, 0.4) is 0 Å². The van der Waals surface area contributed by atoms with Crippen molar-refractivity contribution in [2.45, 2.75) is 32.8 Å². The van der Waals surface area contributed by atoms with Crippen LogP contribution in [0.2, 0.25) is 0 Å². The summed E-state index contributed by atoms with van der Waals surface area (Å²) in [6.45, 7) is 4.29. The highest BCUT2D eigenvalue weighted by Gasteiger charge is 2.08. The van der Waals surface area contributed by atoms with Gasteiger partial charge in [-0.2, -0.15) is 0 Å². The van der Waals surface area contributed by atoms with Gasteiger partial charge in [0.1, 0.15) is 5.75 Å². The van der Waals surface area contributed by atoms with Crippen LogP contribution in [-0.4, -0.2) is 22.4 Å². The number of rotatable bonds is 5. The Bertz CT molecular complexity index is 529. The van der Waals surface area contributed by atoms with Gasteiger partial charge in [0.15, 0.2) is 0 Å². The summed E-state index contributed by atoms with van der Waals surface area (Å²) < 4.78 is 7.86. The maximum Gasteiger partial charge on any atom is 0.120 e. The summed E-state index contributed by atoms with van der Waals surface area (Å²) >= 11 is 0. The molecule has 98 valence electrons. The lowest BCUT2D eigenvalue weighted by Gasteiger charge is -2.10. The highest BCUT2D eigenvalue weighted by Crippen LogP contribution is 2.26. The van der Waals surface area contributed by atoms with Crippen LogP contribution in [0.25, 0.3) is 10.9 Å². The topological polar surface area (TPSA) is 34.4 Å². The average Bonchev–Trinajstić information content (AvgIpc) is 2.62. The van der Waals surface area contributed by atoms with Gasteiger partial charge < -0.3 is 14.4 Å². The SMILES string of the molecule is CC(C)Oc1ccc2c(c1)c(CCCO)cn2C. The minimum Gasteiger partial charge on any atom is -0.491 e. The summed E-state index contributed by atoms with van der Waals surface area (Å²) in [5.74, 6) is 0.911. The van der Waals surface area contributed by atoms with E-state index in [-0.39, 0.29) is 12.7 Å². The highest BCUT2D eigenvalue weighted by molar-refractivity contribution is 5.85. The van der Waals surface area contributed by atoms with Gasteiger partial charge in [-0.05, 0) is 50.5 Å². The molecule has 1 N–H and O–H groups in total. The van der Waals surface area contributed by atoms with E-state index in [0.717, 1.165) is 18.6 Å². The third-order valence-electron chi connectivity index (χ3n) is 3.02.